The number of hydrogen-bond acceptors (Lipinski definition) is 4. The average Bonchev–Trinajstić information content (AvgIpc) is 2.43. The molecule has 0 aliphatic carbocycles. The zero-order valence-electron chi connectivity index (χ0n) is 13.3. The fraction of sp³-hybridized carbons (Fsp3) is 0.611. The van der Waals surface area contributed by atoms with Crippen LogP contribution in [0.3, 0.4) is 0 Å². The summed E-state index contributed by atoms with van der Waals surface area (Å²) in [4.78, 5) is 12.4. The van der Waals surface area contributed by atoms with Crippen LogP contribution in [-0.2, 0) is 11.2 Å². The second-order valence-corrected chi connectivity index (χ2v) is 6.23. The summed E-state index contributed by atoms with van der Waals surface area (Å²) in [7, 11) is 0. The molecule has 0 bridgehead atoms. The first-order valence-electron chi connectivity index (χ1n) is 8.34. The molecule has 122 valence electrons. The van der Waals surface area contributed by atoms with E-state index in [2.05, 4.69) is 0 Å². The third-order valence-electron chi connectivity index (χ3n) is 4.25. The molecule has 4 nitrogen and oxygen atoms in total. The standard InChI is InChI=1S/C18H26O4/c1-13-9-7-5-3-2-4-6-8-10-14-11-15(19)12-16(20)17(14)18(21)22-13/h11-13,19-20H,2-10H2,1H3/t13-/m0/s1. The van der Waals surface area contributed by atoms with Crippen molar-refractivity contribution in [1.29, 1.82) is 0 Å². The number of hydrogen-bond donors (Lipinski definition) is 2. The van der Waals surface area contributed by atoms with E-state index >= 15 is 0 Å². The number of benzene rings is 1. The fourth-order valence-electron chi connectivity index (χ4n) is 3.03. The van der Waals surface area contributed by atoms with Gasteiger partial charge in [-0.05, 0) is 44.2 Å². The van der Waals surface area contributed by atoms with Crippen LogP contribution in [0.2, 0.25) is 0 Å². The Labute approximate surface area is 132 Å². The highest BCUT2D eigenvalue weighted by Crippen LogP contribution is 2.30. The third-order valence-corrected chi connectivity index (χ3v) is 4.25. The Balaban J connectivity index is 2.22. The number of cyclic esters (lactones) is 1. The number of rotatable bonds is 0. The van der Waals surface area contributed by atoms with E-state index in [-0.39, 0.29) is 23.2 Å². The summed E-state index contributed by atoms with van der Waals surface area (Å²) in [5, 5.41) is 19.7. The summed E-state index contributed by atoms with van der Waals surface area (Å²) in [6, 6.07) is 2.76. The molecule has 0 fully saturated rings. The Bertz CT molecular complexity index is 510. The first-order valence-corrected chi connectivity index (χ1v) is 8.34. The molecule has 4 heteroatoms. The summed E-state index contributed by atoms with van der Waals surface area (Å²) < 4.78 is 5.46. The van der Waals surface area contributed by atoms with E-state index in [0.29, 0.717) is 12.0 Å². The minimum atomic E-state index is -0.489. The van der Waals surface area contributed by atoms with Gasteiger partial charge in [0.2, 0.25) is 0 Å². The monoisotopic (exact) mass is 306 g/mol. The quantitative estimate of drug-likeness (QED) is 0.700. The summed E-state index contributed by atoms with van der Waals surface area (Å²) in [5.74, 6) is -0.699. The van der Waals surface area contributed by atoms with E-state index in [1.165, 1.54) is 31.7 Å². The molecule has 2 rings (SSSR count). The third kappa shape index (κ3) is 4.65. The van der Waals surface area contributed by atoms with Gasteiger partial charge in [-0.3, -0.25) is 0 Å². The molecule has 0 aromatic heterocycles. The number of phenols is 2. The second kappa shape index (κ2) is 8.06. The predicted octanol–water partition coefficient (Wildman–Crippen LogP) is 4.32. The number of esters is 1. The molecule has 1 aromatic carbocycles. The zero-order valence-corrected chi connectivity index (χ0v) is 13.3. The van der Waals surface area contributed by atoms with Gasteiger partial charge < -0.3 is 14.9 Å². The fourth-order valence-corrected chi connectivity index (χ4v) is 3.03. The highest BCUT2D eigenvalue weighted by atomic mass is 16.5. The average molecular weight is 306 g/mol. The lowest BCUT2D eigenvalue weighted by Crippen LogP contribution is -2.17. The van der Waals surface area contributed by atoms with Crippen molar-refractivity contribution in [3.63, 3.8) is 0 Å². The molecule has 0 saturated carbocycles. The van der Waals surface area contributed by atoms with E-state index in [1.54, 1.807) is 6.07 Å². The van der Waals surface area contributed by atoms with Gasteiger partial charge in [-0.25, -0.2) is 4.79 Å². The normalized spacial score (nSPS) is 21.5. The van der Waals surface area contributed by atoms with Crippen molar-refractivity contribution >= 4 is 5.97 Å². The van der Waals surface area contributed by atoms with Gasteiger partial charge in [0.1, 0.15) is 17.1 Å². The molecule has 1 heterocycles. The van der Waals surface area contributed by atoms with Gasteiger partial charge in [-0.15, -0.1) is 0 Å². The van der Waals surface area contributed by atoms with Crippen molar-refractivity contribution in [3.05, 3.63) is 23.3 Å². The lowest BCUT2D eigenvalue weighted by atomic mass is 9.98. The van der Waals surface area contributed by atoms with Gasteiger partial charge in [0.15, 0.2) is 0 Å². The maximum Gasteiger partial charge on any atom is 0.342 e. The molecule has 2 N–H and O–H groups in total. The minimum Gasteiger partial charge on any atom is -0.508 e. The largest absolute Gasteiger partial charge is 0.508 e. The van der Waals surface area contributed by atoms with Crippen LogP contribution >= 0.6 is 0 Å². The number of aryl methyl sites for hydroxylation is 1. The number of carbonyl (C=O) groups is 1. The first-order chi connectivity index (χ1) is 10.6. The van der Waals surface area contributed by atoms with Crippen molar-refractivity contribution in [2.24, 2.45) is 0 Å². The Morgan fingerprint density at radius 1 is 1.00 bits per heavy atom. The Hall–Kier alpha value is -1.71. The van der Waals surface area contributed by atoms with Crippen molar-refractivity contribution < 1.29 is 19.7 Å². The molecule has 1 aliphatic heterocycles. The van der Waals surface area contributed by atoms with Crippen LogP contribution in [0, 0.1) is 0 Å². The molecule has 0 radical (unpaired) electrons. The van der Waals surface area contributed by atoms with Crippen molar-refractivity contribution in [3.8, 4) is 11.5 Å². The highest BCUT2D eigenvalue weighted by molar-refractivity contribution is 5.94. The maximum atomic E-state index is 12.4. The number of aromatic hydroxyl groups is 2. The predicted molar refractivity (Wildman–Crippen MR) is 85.3 cm³/mol. The van der Waals surface area contributed by atoms with E-state index < -0.39 is 5.97 Å². The molecule has 1 aromatic rings. The van der Waals surface area contributed by atoms with Gasteiger partial charge in [0, 0.05) is 6.07 Å². The topological polar surface area (TPSA) is 66.8 Å². The molecule has 22 heavy (non-hydrogen) atoms. The lowest BCUT2D eigenvalue weighted by Gasteiger charge is -2.17. The number of ether oxygens (including phenoxy) is 1. The van der Waals surface area contributed by atoms with Crippen molar-refractivity contribution in [2.75, 3.05) is 0 Å². The summed E-state index contributed by atoms with van der Waals surface area (Å²) in [6.45, 7) is 1.89. The second-order valence-electron chi connectivity index (χ2n) is 6.23. The van der Waals surface area contributed by atoms with Crippen LogP contribution in [-0.4, -0.2) is 22.3 Å². The van der Waals surface area contributed by atoms with Gasteiger partial charge in [-0.1, -0.05) is 32.1 Å². The van der Waals surface area contributed by atoms with E-state index in [0.717, 1.165) is 25.7 Å². The zero-order chi connectivity index (χ0) is 15.9. The summed E-state index contributed by atoms with van der Waals surface area (Å²) in [6.07, 6.45) is 9.31. The first kappa shape index (κ1) is 16.7. The van der Waals surface area contributed by atoms with Gasteiger partial charge >= 0.3 is 5.97 Å². The van der Waals surface area contributed by atoms with Crippen LogP contribution < -0.4 is 0 Å². The highest BCUT2D eigenvalue weighted by Gasteiger charge is 2.21. The van der Waals surface area contributed by atoms with Gasteiger partial charge in [0.25, 0.3) is 0 Å². The lowest BCUT2D eigenvalue weighted by molar-refractivity contribution is 0.0314. The minimum absolute atomic E-state index is 0.0155. The van der Waals surface area contributed by atoms with Crippen LogP contribution in [0.1, 0.15) is 74.2 Å². The maximum absolute atomic E-state index is 12.4. The smallest absolute Gasteiger partial charge is 0.342 e. The molecule has 0 spiro atoms. The van der Waals surface area contributed by atoms with Crippen molar-refractivity contribution in [1.82, 2.24) is 0 Å². The van der Waals surface area contributed by atoms with Crippen molar-refractivity contribution in [2.45, 2.75) is 70.8 Å². The van der Waals surface area contributed by atoms with Crippen LogP contribution in [0.15, 0.2) is 12.1 Å². The number of carbonyl (C=O) groups excluding carboxylic acids is 1. The van der Waals surface area contributed by atoms with Crippen LogP contribution in [0.25, 0.3) is 0 Å². The molecule has 0 amide bonds. The Morgan fingerprint density at radius 2 is 1.64 bits per heavy atom. The molecular formula is C18H26O4. The van der Waals surface area contributed by atoms with E-state index in [4.69, 9.17) is 4.74 Å². The van der Waals surface area contributed by atoms with Gasteiger partial charge in [-0.2, -0.15) is 0 Å². The van der Waals surface area contributed by atoms with Crippen LogP contribution in [0.5, 0.6) is 11.5 Å². The molecular weight excluding hydrogens is 280 g/mol. The molecule has 1 aliphatic rings. The Kier molecular flexibility index (Phi) is 6.10. The summed E-state index contributed by atoms with van der Waals surface area (Å²) in [5.41, 5.74) is 0.883. The number of phenolic OH excluding ortho intramolecular Hbond substituents is 2. The molecule has 0 unspecified atom stereocenters. The van der Waals surface area contributed by atoms with Crippen LogP contribution in [0.4, 0.5) is 0 Å². The molecule has 0 saturated heterocycles. The van der Waals surface area contributed by atoms with E-state index in [9.17, 15) is 15.0 Å². The SMILES string of the molecule is C[C@H]1CCCCCCCCCc2cc(O)cc(O)c2C(=O)O1. The van der Waals surface area contributed by atoms with Gasteiger partial charge in [0.05, 0.1) is 6.10 Å². The summed E-state index contributed by atoms with van der Waals surface area (Å²) >= 11 is 0. The number of fused-ring (bicyclic) bond motifs is 1. The molecule has 1 atom stereocenters. The van der Waals surface area contributed by atoms with E-state index in [1.807, 2.05) is 6.92 Å². The Morgan fingerprint density at radius 3 is 2.36 bits per heavy atom.